The molecule has 0 radical (unpaired) electrons. The predicted molar refractivity (Wildman–Crippen MR) is 157 cm³/mol. The van der Waals surface area contributed by atoms with E-state index in [1.54, 1.807) is 0 Å². The van der Waals surface area contributed by atoms with Crippen molar-refractivity contribution in [3.05, 3.63) is 41.5 Å². The molecule has 222 valence electrons. The fourth-order valence-corrected chi connectivity index (χ4v) is 6.85. The Morgan fingerprint density at radius 1 is 0.975 bits per heavy atom. The highest BCUT2D eigenvalue weighted by atomic mass is 16.5. The van der Waals surface area contributed by atoms with Crippen LogP contribution >= 0.6 is 0 Å². The maximum atomic E-state index is 13.9. The van der Waals surface area contributed by atoms with Gasteiger partial charge in [0.15, 0.2) is 0 Å². The molecule has 40 heavy (non-hydrogen) atoms. The molecule has 1 heterocycles. The number of ether oxygens (including phenoxy) is 1. The normalized spacial score (nSPS) is 24.0. The maximum Gasteiger partial charge on any atom is 0.247 e. The summed E-state index contributed by atoms with van der Waals surface area (Å²) in [6.45, 7) is 2.23. The summed E-state index contributed by atoms with van der Waals surface area (Å²) >= 11 is 0. The van der Waals surface area contributed by atoms with Gasteiger partial charge in [0, 0.05) is 30.1 Å². The first kappa shape index (κ1) is 30.6. The quantitative estimate of drug-likeness (QED) is 0.253. The Morgan fingerprint density at radius 2 is 1.65 bits per heavy atom. The van der Waals surface area contributed by atoms with Crippen LogP contribution < -0.4 is 10.1 Å². The predicted octanol–water partition coefficient (Wildman–Crippen LogP) is 5.39. The number of benzene rings is 1. The highest BCUT2D eigenvalue weighted by Crippen LogP contribution is 2.47. The highest BCUT2D eigenvalue weighted by Gasteiger charge is 2.51. The van der Waals surface area contributed by atoms with Crippen molar-refractivity contribution in [1.29, 1.82) is 0 Å². The van der Waals surface area contributed by atoms with Gasteiger partial charge in [0.25, 0.3) is 0 Å². The zero-order chi connectivity index (χ0) is 28.3. The van der Waals surface area contributed by atoms with Gasteiger partial charge in [-0.25, -0.2) is 0 Å². The van der Waals surface area contributed by atoms with Crippen molar-refractivity contribution >= 4 is 11.8 Å². The molecule has 3 aliphatic rings. The first-order valence-corrected chi connectivity index (χ1v) is 15.9. The SMILES string of the molecule is CCCCCCCCCCCC(=O)N(C1CCCCC1)[C@@H]1C=C(C(=O)NCCO)[C@@H]2c3ccccc3O[C@@H]2[C@H]1O. The molecule has 4 rings (SSSR count). The summed E-state index contributed by atoms with van der Waals surface area (Å²) in [6.07, 6.45) is 16.6. The number of unbranched alkanes of at least 4 members (excludes halogenated alkanes) is 8. The number of nitrogens with one attached hydrogen (secondary N) is 1. The Bertz CT molecular complexity index is 989. The van der Waals surface area contributed by atoms with E-state index in [4.69, 9.17) is 4.74 Å². The third-order valence-corrected chi connectivity index (χ3v) is 8.95. The van der Waals surface area contributed by atoms with Crippen molar-refractivity contribution in [2.75, 3.05) is 13.2 Å². The van der Waals surface area contributed by atoms with Crippen LogP contribution in [0.3, 0.4) is 0 Å². The van der Waals surface area contributed by atoms with Crippen LogP contribution in [0.1, 0.15) is 115 Å². The van der Waals surface area contributed by atoms with Crippen LogP contribution in [0.4, 0.5) is 0 Å². The maximum absolute atomic E-state index is 13.9. The van der Waals surface area contributed by atoms with Gasteiger partial charge in [0.2, 0.25) is 11.8 Å². The molecule has 0 unspecified atom stereocenters. The molecule has 2 amide bonds. The van der Waals surface area contributed by atoms with E-state index in [2.05, 4.69) is 12.2 Å². The molecule has 3 N–H and O–H groups in total. The van der Waals surface area contributed by atoms with Gasteiger partial charge in [0.05, 0.1) is 18.6 Å². The molecular weight excluding hydrogens is 504 g/mol. The van der Waals surface area contributed by atoms with Gasteiger partial charge in [-0.3, -0.25) is 9.59 Å². The van der Waals surface area contributed by atoms with Crippen molar-refractivity contribution in [3.63, 3.8) is 0 Å². The molecule has 7 nitrogen and oxygen atoms in total. The molecular formula is C33H50N2O5. The number of para-hydroxylation sites is 1. The van der Waals surface area contributed by atoms with E-state index in [1.165, 1.54) is 38.5 Å². The molecule has 1 aromatic carbocycles. The van der Waals surface area contributed by atoms with E-state index >= 15 is 0 Å². The number of carbonyl (C=O) groups excluding carboxylic acids is 2. The van der Waals surface area contributed by atoms with Crippen molar-refractivity contribution in [1.82, 2.24) is 10.2 Å². The number of aliphatic hydroxyl groups is 2. The van der Waals surface area contributed by atoms with E-state index in [9.17, 15) is 19.8 Å². The number of amides is 2. The number of fused-ring (bicyclic) bond motifs is 3. The summed E-state index contributed by atoms with van der Waals surface area (Å²) in [5, 5.41) is 23.8. The third-order valence-electron chi connectivity index (χ3n) is 8.95. The molecule has 0 bridgehead atoms. The molecule has 1 aliphatic heterocycles. The van der Waals surface area contributed by atoms with Crippen molar-refractivity contribution in [3.8, 4) is 5.75 Å². The van der Waals surface area contributed by atoms with Gasteiger partial charge in [-0.05, 0) is 31.4 Å². The van der Waals surface area contributed by atoms with Crippen molar-refractivity contribution in [2.24, 2.45) is 0 Å². The fraction of sp³-hybridized carbons (Fsp3) is 0.697. The molecule has 1 fully saturated rings. The fourth-order valence-electron chi connectivity index (χ4n) is 6.85. The minimum absolute atomic E-state index is 0.0535. The average Bonchev–Trinajstić information content (AvgIpc) is 3.37. The average molecular weight is 555 g/mol. The van der Waals surface area contributed by atoms with Crippen LogP contribution in [0.5, 0.6) is 5.75 Å². The Hall–Kier alpha value is -2.38. The number of hydrogen-bond donors (Lipinski definition) is 3. The largest absolute Gasteiger partial charge is 0.486 e. The Labute approximate surface area is 240 Å². The standard InChI is InChI=1S/C33H50N2O5/c1-2-3-4-5-6-7-8-9-13-20-29(37)35(24-16-11-10-12-17-24)27-23-26(33(39)34-21-22-36)30-25-18-14-15-19-28(25)40-32(30)31(27)38/h14-15,18-19,23-24,27,30-32,36,38H,2-13,16-17,20-22H2,1H3,(H,34,39)/t27-,30+,31+,32+/m1/s1. The molecule has 0 spiro atoms. The van der Waals surface area contributed by atoms with Crippen LogP contribution in [0.15, 0.2) is 35.9 Å². The van der Waals surface area contributed by atoms with Crippen molar-refractivity contribution in [2.45, 2.75) is 133 Å². The summed E-state index contributed by atoms with van der Waals surface area (Å²) in [6, 6.07) is 7.03. The van der Waals surface area contributed by atoms with E-state index in [1.807, 2.05) is 35.2 Å². The summed E-state index contributed by atoms with van der Waals surface area (Å²) in [4.78, 5) is 29.1. The van der Waals surface area contributed by atoms with Crippen LogP contribution in [-0.2, 0) is 9.59 Å². The van der Waals surface area contributed by atoms with Gasteiger partial charge in [-0.2, -0.15) is 0 Å². The van der Waals surface area contributed by atoms with Crippen LogP contribution in [0.2, 0.25) is 0 Å². The van der Waals surface area contributed by atoms with Crippen LogP contribution in [-0.4, -0.2) is 64.4 Å². The van der Waals surface area contributed by atoms with Gasteiger partial charge >= 0.3 is 0 Å². The minimum Gasteiger partial charge on any atom is -0.486 e. The third kappa shape index (κ3) is 7.47. The molecule has 1 saturated carbocycles. The van der Waals surface area contributed by atoms with Gasteiger partial charge in [-0.1, -0.05) is 95.8 Å². The summed E-state index contributed by atoms with van der Waals surface area (Å²) < 4.78 is 6.26. The number of nitrogens with zero attached hydrogens (tertiary/aromatic N) is 1. The summed E-state index contributed by atoms with van der Waals surface area (Å²) in [7, 11) is 0. The lowest BCUT2D eigenvalue weighted by molar-refractivity contribution is -0.141. The summed E-state index contributed by atoms with van der Waals surface area (Å²) in [5.74, 6) is 0.0422. The van der Waals surface area contributed by atoms with E-state index in [-0.39, 0.29) is 31.0 Å². The smallest absolute Gasteiger partial charge is 0.247 e. The van der Waals surface area contributed by atoms with Crippen LogP contribution in [0.25, 0.3) is 0 Å². The Morgan fingerprint density at radius 3 is 2.35 bits per heavy atom. The number of aliphatic hydroxyl groups excluding tert-OH is 2. The van der Waals surface area contributed by atoms with E-state index < -0.39 is 24.2 Å². The second-order valence-electron chi connectivity index (χ2n) is 11.9. The monoisotopic (exact) mass is 554 g/mol. The van der Waals surface area contributed by atoms with Gasteiger partial charge < -0.3 is 25.2 Å². The minimum atomic E-state index is -0.944. The lowest BCUT2D eigenvalue weighted by Crippen LogP contribution is -2.58. The van der Waals surface area contributed by atoms with Gasteiger partial charge in [0.1, 0.15) is 18.0 Å². The summed E-state index contributed by atoms with van der Waals surface area (Å²) in [5.41, 5.74) is 1.39. The van der Waals surface area contributed by atoms with Crippen molar-refractivity contribution < 1.29 is 24.5 Å². The molecule has 1 aromatic rings. The molecule has 7 heteroatoms. The zero-order valence-corrected chi connectivity index (χ0v) is 24.4. The second kappa shape index (κ2) is 15.6. The molecule has 4 atom stereocenters. The lowest BCUT2D eigenvalue weighted by atomic mass is 9.76. The Balaban J connectivity index is 1.50. The Kier molecular flexibility index (Phi) is 11.9. The van der Waals surface area contributed by atoms with E-state index in [0.717, 1.165) is 56.9 Å². The topological polar surface area (TPSA) is 99.1 Å². The second-order valence-corrected chi connectivity index (χ2v) is 11.9. The molecule has 0 saturated heterocycles. The molecule has 2 aliphatic carbocycles. The highest BCUT2D eigenvalue weighted by molar-refractivity contribution is 5.96. The first-order chi connectivity index (χ1) is 19.6. The van der Waals surface area contributed by atoms with Gasteiger partial charge in [-0.15, -0.1) is 0 Å². The number of hydrogen-bond acceptors (Lipinski definition) is 5. The van der Waals surface area contributed by atoms with E-state index in [0.29, 0.717) is 17.7 Å². The lowest BCUT2D eigenvalue weighted by Gasteiger charge is -2.45. The molecule has 0 aromatic heterocycles. The number of carbonyl (C=O) groups is 2. The first-order valence-electron chi connectivity index (χ1n) is 15.9. The number of rotatable bonds is 15. The van der Waals surface area contributed by atoms with Crippen LogP contribution in [0, 0.1) is 0 Å². The zero-order valence-electron chi connectivity index (χ0n) is 24.4.